The van der Waals surface area contributed by atoms with Gasteiger partial charge in [0.15, 0.2) is 0 Å². The second kappa shape index (κ2) is 7.91. The molecular formula is C23H28O3S. The van der Waals surface area contributed by atoms with Crippen LogP contribution in [0.5, 0.6) is 0 Å². The molecule has 4 heteroatoms. The molecule has 144 valence electrons. The van der Waals surface area contributed by atoms with E-state index in [2.05, 4.69) is 75.9 Å². The van der Waals surface area contributed by atoms with Crippen LogP contribution in [0.3, 0.4) is 0 Å². The monoisotopic (exact) mass is 384 g/mol. The predicted octanol–water partition coefficient (Wildman–Crippen LogP) is 5.90. The van der Waals surface area contributed by atoms with Crippen LogP contribution in [0.1, 0.15) is 33.6 Å². The number of carbonyl (C=O) groups is 1. The first-order chi connectivity index (χ1) is 12.9. The Bertz CT molecular complexity index is 741. The summed E-state index contributed by atoms with van der Waals surface area (Å²) in [7, 11) is -1.80. The fraction of sp³-hybridized carbons (Fsp3) is 0.348. The number of hydrogen-bond acceptors (Lipinski definition) is 3. The third-order valence-corrected chi connectivity index (χ3v) is 9.09. The summed E-state index contributed by atoms with van der Waals surface area (Å²) in [6, 6.07) is 21.0. The van der Waals surface area contributed by atoms with Gasteiger partial charge in [-0.2, -0.15) is 0 Å². The number of hydrogen-bond donors (Lipinski definition) is 0. The van der Waals surface area contributed by atoms with Gasteiger partial charge in [0.2, 0.25) is 0 Å². The van der Waals surface area contributed by atoms with Crippen LogP contribution in [0, 0.1) is 0 Å². The van der Waals surface area contributed by atoms with Gasteiger partial charge in [-0.15, -0.1) is 0 Å². The number of benzene rings is 2. The molecule has 1 saturated carbocycles. The molecule has 0 saturated heterocycles. The summed E-state index contributed by atoms with van der Waals surface area (Å²) in [6.07, 6.45) is 1.08. The first-order valence-corrected chi connectivity index (χ1v) is 10.8. The predicted molar refractivity (Wildman–Crippen MR) is 111 cm³/mol. The Balaban J connectivity index is 2.08. The van der Waals surface area contributed by atoms with Crippen molar-refractivity contribution in [2.24, 2.45) is 0 Å². The van der Waals surface area contributed by atoms with E-state index in [0.29, 0.717) is 19.3 Å². The van der Waals surface area contributed by atoms with Gasteiger partial charge in [-0.25, -0.2) is 0 Å². The first kappa shape index (κ1) is 19.7. The summed E-state index contributed by atoms with van der Waals surface area (Å²) in [5, 5.41) is 0. The molecule has 1 fully saturated rings. The van der Waals surface area contributed by atoms with Crippen molar-refractivity contribution in [1.82, 2.24) is 0 Å². The molecule has 3 nitrogen and oxygen atoms in total. The van der Waals surface area contributed by atoms with E-state index in [1.165, 1.54) is 9.79 Å². The van der Waals surface area contributed by atoms with E-state index in [-0.39, 0.29) is 17.0 Å². The Morgan fingerprint density at radius 3 is 1.96 bits per heavy atom. The van der Waals surface area contributed by atoms with Gasteiger partial charge < -0.3 is 8.92 Å². The highest BCUT2D eigenvalue weighted by Gasteiger charge is 2.45. The molecule has 0 spiro atoms. The molecule has 0 radical (unpaired) electrons. The van der Waals surface area contributed by atoms with E-state index in [0.717, 1.165) is 5.57 Å². The largest absolute Gasteiger partial charge is 0.460 e. The molecule has 0 amide bonds. The summed E-state index contributed by atoms with van der Waals surface area (Å²) in [5.74, 6) is 0. The minimum Gasteiger partial charge on any atom is -0.460 e. The lowest BCUT2D eigenvalue weighted by Crippen LogP contribution is -2.30. The van der Waals surface area contributed by atoms with E-state index in [1.807, 2.05) is 12.1 Å². The lowest BCUT2D eigenvalue weighted by atomic mass is 10.2. The van der Waals surface area contributed by atoms with Gasteiger partial charge in [0.1, 0.15) is 6.10 Å². The van der Waals surface area contributed by atoms with Crippen molar-refractivity contribution in [3.8, 4) is 0 Å². The van der Waals surface area contributed by atoms with Crippen molar-refractivity contribution in [2.45, 2.75) is 60.4 Å². The highest BCUT2D eigenvalue weighted by Crippen LogP contribution is 2.72. The standard InChI is InChI=1S/C23H28O3S/c1-18-15-19(16-22(18)25-17-24)26-27(23(2,3)4,20-11-7-5-8-12-20)21-13-9-6-10-14-21/h5-14,17,19,22H,1,15-16H2,2-4H3/t19-,22-/m1/s1. The topological polar surface area (TPSA) is 35.5 Å². The zero-order chi connectivity index (χ0) is 19.5. The minimum atomic E-state index is -1.80. The summed E-state index contributed by atoms with van der Waals surface area (Å²) in [4.78, 5) is 13.2. The van der Waals surface area contributed by atoms with E-state index in [1.54, 1.807) is 0 Å². The van der Waals surface area contributed by atoms with Crippen molar-refractivity contribution < 1.29 is 13.7 Å². The Morgan fingerprint density at radius 2 is 1.52 bits per heavy atom. The van der Waals surface area contributed by atoms with Gasteiger partial charge in [0.05, 0.1) is 6.10 Å². The molecule has 0 heterocycles. The summed E-state index contributed by atoms with van der Waals surface area (Å²) in [5.41, 5.74) is 0.926. The van der Waals surface area contributed by atoms with Gasteiger partial charge in [-0.05, 0) is 57.0 Å². The van der Waals surface area contributed by atoms with Crippen LogP contribution in [0.4, 0.5) is 0 Å². The summed E-state index contributed by atoms with van der Waals surface area (Å²) >= 11 is 0. The van der Waals surface area contributed by atoms with E-state index in [9.17, 15) is 4.79 Å². The molecule has 0 bridgehead atoms. The number of carbonyl (C=O) groups excluding carboxylic acids is 1. The Morgan fingerprint density at radius 1 is 1.00 bits per heavy atom. The molecule has 1 aliphatic rings. The molecule has 2 atom stereocenters. The molecular weight excluding hydrogens is 356 g/mol. The van der Waals surface area contributed by atoms with Crippen molar-refractivity contribution >= 4 is 16.8 Å². The van der Waals surface area contributed by atoms with E-state index in [4.69, 9.17) is 8.92 Å². The molecule has 2 aromatic carbocycles. The van der Waals surface area contributed by atoms with Crippen LogP contribution < -0.4 is 0 Å². The zero-order valence-corrected chi connectivity index (χ0v) is 17.1. The van der Waals surface area contributed by atoms with Crippen LogP contribution in [0.15, 0.2) is 82.6 Å². The molecule has 1 aliphatic carbocycles. The summed E-state index contributed by atoms with van der Waals surface area (Å²) < 4.78 is 12.1. The van der Waals surface area contributed by atoms with Crippen LogP contribution >= 0.6 is 10.3 Å². The maximum Gasteiger partial charge on any atom is 0.293 e. The zero-order valence-electron chi connectivity index (χ0n) is 16.3. The third kappa shape index (κ3) is 3.83. The fourth-order valence-electron chi connectivity index (χ4n) is 3.73. The average molecular weight is 385 g/mol. The molecule has 2 aromatic rings. The Hall–Kier alpha value is -2.04. The smallest absolute Gasteiger partial charge is 0.293 e. The first-order valence-electron chi connectivity index (χ1n) is 9.26. The fourth-order valence-corrected chi connectivity index (χ4v) is 7.56. The molecule has 3 rings (SSSR count). The second-order valence-corrected chi connectivity index (χ2v) is 11.3. The quantitative estimate of drug-likeness (QED) is 0.459. The van der Waals surface area contributed by atoms with Crippen LogP contribution in [-0.4, -0.2) is 23.4 Å². The van der Waals surface area contributed by atoms with Gasteiger partial charge in [-0.1, -0.05) is 53.3 Å². The van der Waals surface area contributed by atoms with Crippen molar-refractivity contribution in [3.05, 3.63) is 72.8 Å². The van der Waals surface area contributed by atoms with Crippen LogP contribution in [-0.2, 0) is 13.7 Å². The summed E-state index contributed by atoms with van der Waals surface area (Å²) in [6.45, 7) is 11.3. The number of ether oxygens (including phenoxy) is 1. The maximum absolute atomic E-state index is 10.8. The number of rotatable bonds is 6. The third-order valence-electron chi connectivity index (χ3n) is 4.94. The van der Waals surface area contributed by atoms with Crippen molar-refractivity contribution in [1.29, 1.82) is 0 Å². The Labute approximate surface area is 163 Å². The van der Waals surface area contributed by atoms with Crippen molar-refractivity contribution in [3.63, 3.8) is 0 Å². The molecule has 0 aliphatic heterocycles. The van der Waals surface area contributed by atoms with Crippen molar-refractivity contribution in [2.75, 3.05) is 0 Å². The normalized spacial score (nSPS) is 21.1. The molecule has 27 heavy (non-hydrogen) atoms. The molecule has 0 N–H and O–H groups in total. The van der Waals surface area contributed by atoms with Gasteiger partial charge in [-0.3, -0.25) is 4.79 Å². The highest BCUT2D eigenvalue weighted by atomic mass is 32.3. The molecule has 0 unspecified atom stereocenters. The lowest BCUT2D eigenvalue weighted by Gasteiger charge is -2.51. The Kier molecular flexibility index (Phi) is 5.78. The SMILES string of the molecule is C=C1C[C@@H](OS(c2ccccc2)(c2ccccc2)C(C)(C)C)C[C@H]1OC=O. The average Bonchev–Trinajstić information content (AvgIpc) is 3.00. The highest BCUT2D eigenvalue weighted by molar-refractivity contribution is 8.31. The van der Waals surface area contributed by atoms with Gasteiger partial charge in [0, 0.05) is 21.0 Å². The van der Waals surface area contributed by atoms with Crippen LogP contribution in [0.25, 0.3) is 0 Å². The van der Waals surface area contributed by atoms with E-state index >= 15 is 0 Å². The van der Waals surface area contributed by atoms with Gasteiger partial charge >= 0.3 is 0 Å². The lowest BCUT2D eigenvalue weighted by molar-refractivity contribution is -0.131. The molecule has 0 aromatic heterocycles. The van der Waals surface area contributed by atoms with Crippen LogP contribution in [0.2, 0.25) is 0 Å². The maximum atomic E-state index is 10.8. The minimum absolute atomic E-state index is 0.0305. The van der Waals surface area contributed by atoms with E-state index < -0.39 is 10.3 Å². The van der Waals surface area contributed by atoms with Gasteiger partial charge in [0.25, 0.3) is 6.47 Å². The second-order valence-electron chi connectivity index (χ2n) is 7.83.